The Morgan fingerprint density at radius 3 is 2.15 bits per heavy atom. The van der Waals surface area contributed by atoms with Crippen LogP contribution in [0.2, 0.25) is 0 Å². The van der Waals surface area contributed by atoms with Gasteiger partial charge >= 0.3 is 0 Å². The van der Waals surface area contributed by atoms with Crippen LogP contribution in [0.5, 0.6) is 0 Å². The highest BCUT2D eigenvalue weighted by Gasteiger charge is 2.29. The van der Waals surface area contributed by atoms with Gasteiger partial charge in [0.15, 0.2) is 0 Å². The van der Waals surface area contributed by atoms with Gasteiger partial charge in [-0.3, -0.25) is 19.6 Å². The topological polar surface area (TPSA) is 108 Å². The summed E-state index contributed by atoms with van der Waals surface area (Å²) < 4.78 is 0. The van der Waals surface area contributed by atoms with E-state index in [0.717, 1.165) is 5.56 Å². The molecule has 1 rings (SSSR count). The summed E-state index contributed by atoms with van der Waals surface area (Å²) in [4.78, 5) is 36.7. The molecule has 0 heterocycles. The second-order valence-electron chi connectivity index (χ2n) is 7.50. The zero-order valence-corrected chi connectivity index (χ0v) is 16.5. The molecule has 0 radical (unpaired) electrons. The van der Waals surface area contributed by atoms with Gasteiger partial charge in [-0.1, -0.05) is 58.0 Å². The molecule has 2 atom stereocenters. The monoisotopic (exact) mass is 377 g/mol. The smallest absolute Gasteiger partial charge is 0.244 e. The van der Waals surface area contributed by atoms with E-state index in [-0.39, 0.29) is 30.1 Å². The van der Waals surface area contributed by atoms with Crippen LogP contribution in [0.15, 0.2) is 30.3 Å². The van der Waals surface area contributed by atoms with Crippen LogP contribution in [0.4, 0.5) is 0 Å². The number of carbonyl (C=O) groups excluding carboxylic acids is 3. The van der Waals surface area contributed by atoms with Crippen LogP contribution in [0.1, 0.15) is 46.1 Å². The summed E-state index contributed by atoms with van der Waals surface area (Å²) in [5.41, 5.74) is 2.53. The number of hydrogen-bond donors (Lipinski definition) is 4. The maximum absolute atomic E-state index is 12.7. The number of amides is 3. The summed E-state index contributed by atoms with van der Waals surface area (Å²) in [6, 6.07) is 8.82. The molecular formula is C20H31N3O4. The van der Waals surface area contributed by atoms with Crippen LogP contribution >= 0.6 is 0 Å². The third kappa shape index (κ3) is 8.21. The number of hydrogen-bond acceptors (Lipinski definition) is 4. The number of rotatable bonds is 10. The standard InChI is InChI=1S/C20H31N3O4/c1-13(2)10-16(11-17(24)23-27)19(25)22-18(14(3)4)20(26)21-12-15-8-6-5-7-9-15/h5-9,13-14,16,18,27H,10-12H2,1-4H3,(H,21,26)(H,22,25)(H,23,24)/t16?,18-/m0/s1. The summed E-state index contributed by atoms with van der Waals surface area (Å²) in [5.74, 6) is -1.78. The van der Waals surface area contributed by atoms with Gasteiger partial charge in [-0.25, -0.2) is 5.48 Å². The summed E-state index contributed by atoms with van der Waals surface area (Å²) in [5, 5.41) is 14.4. The van der Waals surface area contributed by atoms with E-state index in [2.05, 4.69) is 10.6 Å². The van der Waals surface area contributed by atoms with Crippen LogP contribution in [-0.2, 0) is 20.9 Å². The third-order valence-corrected chi connectivity index (χ3v) is 4.24. The van der Waals surface area contributed by atoms with E-state index in [1.165, 1.54) is 0 Å². The van der Waals surface area contributed by atoms with Crippen LogP contribution in [-0.4, -0.2) is 29.0 Å². The fraction of sp³-hybridized carbons (Fsp3) is 0.550. The molecule has 0 saturated carbocycles. The first-order valence-electron chi connectivity index (χ1n) is 9.29. The first kappa shape index (κ1) is 22.6. The molecule has 0 aliphatic rings. The van der Waals surface area contributed by atoms with Crippen molar-refractivity contribution in [2.75, 3.05) is 0 Å². The normalized spacial score (nSPS) is 13.1. The molecule has 1 aromatic carbocycles. The van der Waals surface area contributed by atoms with Gasteiger partial charge in [-0.2, -0.15) is 0 Å². The molecule has 0 aliphatic carbocycles. The van der Waals surface area contributed by atoms with Gasteiger partial charge in [0, 0.05) is 18.9 Å². The number of hydroxylamine groups is 1. The molecule has 27 heavy (non-hydrogen) atoms. The van der Waals surface area contributed by atoms with Crippen molar-refractivity contribution in [2.45, 2.75) is 53.1 Å². The van der Waals surface area contributed by atoms with E-state index < -0.39 is 17.9 Å². The first-order chi connectivity index (χ1) is 12.7. The van der Waals surface area contributed by atoms with Gasteiger partial charge in [-0.15, -0.1) is 0 Å². The van der Waals surface area contributed by atoms with Crippen molar-refractivity contribution in [2.24, 2.45) is 17.8 Å². The lowest BCUT2D eigenvalue weighted by atomic mass is 9.92. The van der Waals surface area contributed by atoms with Gasteiger partial charge < -0.3 is 10.6 Å². The van der Waals surface area contributed by atoms with E-state index in [1.807, 2.05) is 58.0 Å². The van der Waals surface area contributed by atoms with Crippen LogP contribution in [0.25, 0.3) is 0 Å². The molecule has 150 valence electrons. The highest BCUT2D eigenvalue weighted by atomic mass is 16.5. The predicted octanol–water partition coefficient (Wildman–Crippen LogP) is 2.00. The quantitative estimate of drug-likeness (QED) is 0.369. The van der Waals surface area contributed by atoms with E-state index in [4.69, 9.17) is 5.21 Å². The SMILES string of the molecule is CC(C)CC(CC(=O)NO)C(=O)N[C@H](C(=O)NCc1ccccc1)C(C)C. The minimum absolute atomic E-state index is 0.115. The molecule has 4 N–H and O–H groups in total. The molecule has 7 nitrogen and oxygen atoms in total. The minimum atomic E-state index is -0.701. The lowest BCUT2D eigenvalue weighted by Crippen LogP contribution is -2.51. The molecule has 0 aliphatic heterocycles. The zero-order chi connectivity index (χ0) is 20.4. The second kappa shape index (κ2) is 11.3. The molecule has 0 saturated heterocycles. The van der Waals surface area contributed by atoms with Crippen molar-refractivity contribution in [1.82, 2.24) is 16.1 Å². The van der Waals surface area contributed by atoms with Gasteiger partial charge in [0.2, 0.25) is 17.7 Å². The minimum Gasteiger partial charge on any atom is -0.350 e. The van der Waals surface area contributed by atoms with Crippen LogP contribution in [0, 0.1) is 17.8 Å². The Bertz CT molecular complexity index is 617. The summed E-state index contributed by atoms with van der Waals surface area (Å²) in [6.45, 7) is 7.98. The van der Waals surface area contributed by atoms with Gasteiger partial charge in [0.25, 0.3) is 0 Å². The fourth-order valence-electron chi connectivity index (χ4n) is 2.82. The van der Waals surface area contributed by atoms with Gasteiger partial charge in [-0.05, 0) is 23.8 Å². The number of benzene rings is 1. The maximum atomic E-state index is 12.7. The van der Waals surface area contributed by atoms with Crippen molar-refractivity contribution in [3.8, 4) is 0 Å². The number of nitrogens with one attached hydrogen (secondary N) is 3. The summed E-state index contributed by atoms with van der Waals surface area (Å²) >= 11 is 0. The molecule has 7 heteroatoms. The third-order valence-electron chi connectivity index (χ3n) is 4.24. The van der Waals surface area contributed by atoms with E-state index in [1.54, 1.807) is 5.48 Å². The van der Waals surface area contributed by atoms with E-state index in [9.17, 15) is 14.4 Å². The molecule has 3 amide bonds. The highest BCUT2D eigenvalue weighted by molar-refractivity contribution is 5.90. The lowest BCUT2D eigenvalue weighted by molar-refractivity contribution is -0.137. The van der Waals surface area contributed by atoms with Crippen LogP contribution in [0.3, 0.4) is 0 Å². The molecule has 1 aromatic rings. The summed E-state index contributed by atoms with van der Waals surface area (Å²) in [7, 11) is 0. The Morgan fingerprint density at radius 1 is 1.00 bits per heavy atom. The molecule has 0 bridgehead atoms. The Labute approximate surface area is 160 Å². The lowest BCUT2D eigenvalue weighted by Gasteiger charge is -2.25. The van der Waals surface area contributed by atoms with E-state index >= 15 is 0 Å². The van der Waals surface area contributed by atoms with Crippen molar-refractivity contribution in [3.05, 3.63) is 35.9 Å². The molecular weight excluding hydrogens is 346 g/mol. The Hall–Kier alpha value is -2.41. The molecule has 0 spiro atoms. The van der Waals surface area contributed by atoms with Crippen molar-refractivity contribution in [1.29, 1.82) is 0 Å². The predicted molar refractivity (Wildman–Crippen MR) is 103 cm³/mol. The van der Waals surface area contributed by atoms with Gasteiger partial charge in [0.05, 0.1) is 0 Å². The first-order valence-corrected chi connectivity index (χ1v) is 9.29. The molecule has 0 aromatic heterocycles. The summed E-state index contributed by atoms with van der Waals surface area (Å²) in [6.07, 6.45) is 0.354. The Morgan fingerprint density at radius 2 is 1.63 bits per heavy atom. The van der Waals surface area contributed by atoms with Crippen molar-refractivity contribution < 1.29 is 19.6 Å². The average Bonchev–Trinajstić information content (AvgIpc) is 2.63. The van der Waals surface area contributed by atoms with Crippen molar-refractivity contribution >= 4 is 17.7 Å². The maximum Gasteiger partial charge on any atom is 0.244 e. The Balaban J connectivity index is 2.75. The Kier molecular flexibility index (Phi) is 9.50. The second-order valence-corrected chi connectivity index (χ2v) is 7.50. The highest BCUT2D eigenvalue weighted by Crippen LogP contribution is 2.17. The molecule has 1 unspecified atom stereocenters. The molecule has 0 fully saturated rings. The van der Waals surface area contributed by atoms with E-state index in [0.29, 0.717) is 13.0 Å². The largest absolute Gasteiger partial charge is 0.350 e. The van der Waals surface area contributed by atoms with Gasteiger partial charge in [0.1, 0.15) is 6.04 Å². The fourth-order valence-corrected chi connectivity index (χ4v) is 2.82. The van der Waals surface area contributed by atoms with Crippen molar-refractivity contribution in [3.63, 3.8) is 0 Å². The van der Waals surface area contributed by atoms with Crippen LogP contribution < -0.4 is 16.1 Å². The average molecular weight is 377 g/mol. The number of carbonyl (C=O) groups is 3. The zero-order valence-electron chi connectivity index (χ0n) is 16.5.